The Balaban J connectivity index is 1.35. The van der Waals surface area contributed by atoms with E-state index in [9.17, 15) is 4.79 Å². The van der Waals surface area contributed by atoms with Crippen molar-refractivity contribution in [2.75, 3.05) is 19.4 Å². The molecule has 0 fully saturated rings. The van der Waals surface area contributed by atoms with Crippen molar-refractivity contribution < 1.29 is 9.53 Å². The number of thioether (sulfide) groups is 1. The number of rotatable bonds is 6. The van der Waals surface area contributed by atoms with Crippen LogP contribution in [0, 0.1) is 0 Å². The maximum absolute atomic E-state index is 13.2. The van der Waals surface area contributed by atoms with Gasteiger partial charge in [0.1, 0.15) is 5.75 Å². The fourth-order valence-corrected chi connectivity index (χ4v) is 5.21. The maximum Gasteiger partial charge on any atom is 0.255 e. The summed E-state index contributed by atoms with van der Waals surface area (Å²) in [5.41, 5.74) is 5.85. The third kappa shape index (κ3) is 4.41. The largest absolute Gasteiger partial charge is 0.492 e. The average molecular weight is 445 g/mol. The summed E-state index contributed by atoms with van der Waals surface area (Å²) in [6, 6.07) is 23.6. The van der Waals surface area contributed by atoms with Gasteiger partial charge in [-0.25, -0.2) is 0 Å². The van der Waals surface area contributed by atoms with Crippen LogP contribution in [0.1, 0.15) is 32.6 Å². The number of amides is 1. The molecule has 1 amide bonds. The number of nitrogens with one attached hydrogen (secondary N) is 1. The van der Waals surface area contributed by atoms with Gasteiger partial charge in [0.25, 0.3) is 5.91 Å². The third-order valence-electron chi connectivity index (χ3n) is 6.43. The number of ether oxygens (including phenoxy) is 1. The molecule has 5 heteroatoms. The molecule has 164 valence electrons. The van der Waals surface area contributed by atoms with Crippen molar-refractivity contribution in [3.05, 3.63) is 94.5 Å². The predicted octanol–water partition coefficient (Wildman–Crippen LogP) is 4.70. The van der Waals surface area contributed by atoms with Gasteiger partial charge in [-0.05, 0) is 47.1 Å². The lowest BCUT2D eigenvalue weighted by atomic mass is 9.93. The summed E-state index contributed by atoms with van der Waals surface area (Å²) in [7, 11) is 0. The van der Waals surface area contributed by atoms with Gasteiger partial charge in [-0.1, -0.05) is 54.6 Å². The standard InChI is InChI=1S/C27H28N2O2S/c1-32-24-14-21-11-12-31-26(21)25(15-24)27(30)28-16-23-13-20-9-5-6-10-22(20)18-29(23)17-19-7-3-2-4-8-19/h2-10,14-15,23H,11-13,16-18H2,1H3,(H,28,30)/t23-/m1/s1. The maximum atomic E-state index is 13.2. The Kier molecular flexibility index (Phi) is 6.19. The lowest BCUT2D eigenvalue weighted by molar-refractivity contribution is 0.0918. The summed E-state index contributed by atoms with van der Waals surface area (Å²) in [5.74, 6) is 0.716. The predicted molar refractivity (Wildman–Crippen MR) is 129 cm³/mol. The van der Waals surface area contributed by atoms with Crippen LogP contribution in [0.25, 0.3) is 0 Å². The molecule has 0 aromatic heterocycles. The highest BCUT2D eigenvalue weighted by atomic mass is 32.2. The second kappa shape index (κ2) is 9.39. The number of benzene rings is 3. The zero-order valence-electron chi connectivity index (χ0n) is 18.3. The van der Waals surface area contributed by atoms with E-state index in [2.05, 4.69) is 70.9 Å². The molecule has 4 nitrogen and oxygen atoms in total. The van der Waals surface area contributed by atoms with Gasteiger partial charge in [0.05, 0.1) is 12.2 Å². The van der Waals surface area contributed by atoms with Crippen LogP contribution in [0.4, 0.5) is 0 Å². The number of nitrogens with zero attached hydrogens (tertiary/aromatic N) is 1. The molecule has 0 saturated heterocycles. The van der Waals surface area contributed by atoms with Gasteiger partial charge in [-0.3, -0.25) is 9.69 Å². The van der Waals surface area contributed by atoms with Gasteiger partial charge in [-0.15, -0.1) is 11.8 Å². The number of carbonyl (C=O) groups excluding carboxylic acids is 1. The number of fused-ring (bicyclic) bond motifs is 2. The van der Waals surface area contributed by atoms with E-state index < -0.39 is 0 Å². The van der Waals surface area contributed by atoms with Crippen LogP contribution < -0.4 is 10.1 Å². The van der Waals surface area contributed by atoms with E-state index in [-0.39, 0.29) is 11.9 Å². The molecule has 2 aliphatic rings. The molecule has 1 N–H and O–H groups in total. The first-order valence-corrected chi connectivity index (χ1v) is 12.4. The minimum Gasteiger partial charge on any atom is -0.492 e. The molecule has 2 aliphatic heterocycles. The van der Waals surface area contributed by atoms with Crippen LogP contribution in [0.2, 0.25) is 0 Å². The number of hydrogen-bond donors (Lipinski definition) is 1. The Morgan fingerprint density at radius 1 is 1.06 bits per heavy atom. The van der Waals surface area contributed by atoms with Gasteiger partial charge in [0.15, 0.2) is 0 Å². The van der Waals surface area contributed by atoms with Crippen molar-refractivity contribution in [2.24, 2.45) is 0 Å². The first kappa shape index (κ1) is 21.1. The highest BCUT2D eigenvalue weighted by Gasteiger charge is 2.28. The summed E-state index contributed by atoms with van der Waals surface area (Å²) in [5, 5.41) is 3.23. The van der Waals surface area contributed by atoms with Crippen molar-refractivity contribution in [3.8, 4) is 5.75 Å². The minimum atomic E-state index is -0.0439. The molecular formula is C27H28N2O2S. The molecule has 0 radical (unpaired) electrons. The SMILES string of the molecule is CSc1cc2c(c(C(=O)NC[C@H]3Cc4ccccc4CN3Cc3ccccc3)c1)OCC2. The van der Waals surface area contributed by atoms with E-state index in [1.165, 1.54) is 16.7 Å². The van der Waals surface area contributed by atoms with Crippen molar-refractivity contribution >= 4 is 17.7 Å². The molecular weight excluding hydrogens is 416 g/mol. The van der Waals surface area contributed by atoms with Gasteiger partial charge in [0.2, 0.25) is 0 Å². The van der Waals surface area contributed by atoms with Crippen LogP contribution in [-0.2, 0) is 25.9 Å². The molecule has 3 aromatic rings. The zero-order chi connectivity index (χ0) is 21.9. The topological polar surface area (TPSA) is 41.6 Å². The molecule has 1 atom stereocenters. The second-order valence-electron chi connectivity index (χ2n) is 8.49. The van der Waals surface area contributed by atoms with E-state index >= 15 is 0 Å². The van der Waals surface area contributed by atoms with Crippen LogP contribution in [0.15, 0.2) is 71.6 Å². The van der Waals surface area contributed by atoms with Gasteiger partial charge in [0, 0.05) is 37.0 Å². The van der Waals surface area contributed by atoms with Crippen molar-refractivity contribution in [2.45, 2.75) is 36.9 Å². The van der Waals surface area contributed by atoms with Crippen molar-refractivity contribution in [3.63, 3.8) is 0 Å². The van der Waals surface area contributed by atoms with Crippen molar-refractivity contribution in [1.82, 2.24) is 10.2 Å². The highest BCUT2D eigenvalue weighted by Crippen LogP contribution is 2.34. The molecule has 0 saturated carbocycles. The summed E-state index contributed by atoms with van der Waals surface area (Å²) < 4.78 is 5.81. The molecule has 32 heavy (non-hydrogen) atoms. The summed E-state index contributed by atoms with van der Waals surface area (Å²) in [6.07, 6.45) is 3.84. The van der Waals surface area contributed by atoms with Gasteiger partial charge >= 0.3 is 0 Å². The molecule has 0 aliphatic carbocycles. The number of hydrogen-bond acceptors (Lipinski definition) is 4. The normalized spacial score (nSPS) is 17.3. The number of carbonyl (C=O) groups is 1. The second-order valence-corrected chi connectivity index (χ2v) is 9.37. The highest BCUT2D eigenvalue weighted by molar-refractivity contribution is 7.98. The van der Waals surface area contributed by atoms with Crippen molar-refractivity contribution in [1.29, 1.82) is 0 Å². The van der Waals surface area contributed by atoms with E-state index in [4.69, 9.17) is 4.74 Å². The first-order valence-electron chi connectivity index (χ1n) is 11.2. The summed E-state index contributed by atoms with van der Waals surface area (Å²) >= 11 is 1.66. The lowest BCUT2D eigenvalue weighted by Crippen LogP contribution is -2.47. The van der Waals surface area contributed by atoms with Crippen LogP contribution in [-0.4, -0.2) is 36.3 Å². The quantitative estimate of drug-likeness (QED) is 0.560. The first-order chi connectivity index (χ1) is 15.7. The summed E-state index contributed by atoms with van der Waals surface area (Å²) in [6.45, 7) is 3.03. The van der Waals surface area contributed by atoms with Gasteiger partial charge < -0.3 is 10.1 Å². The average Bonchev–Trinajstić information content (AvgIpc) is 3.31. The molecule has 0 spiro atoms. The van der Waals surface area contributed by atoms with Crippen LogP contribution in [0.3, 0.4) is 0 Å². The summed E-state index contributed by atoms with van der Waals surface area (Å²) in [4.78, 5) is 16.8. The molecule has 0 unspecified atom stereocenters. The van der Waals surface area contributed by atoms with E-state index in [0.717, 1.165) is 42.1 Å². The van der Waals surface area contributed by atoms with E-state index in [1.54, 1.807) is 11.8 Å². The Morgan fingerprint density at radius 2 is 1.84 bits per heavy atom. The Hall–Kier alpha value is -2.76. The Bertz CT molecular complexity index is 1120. The van der Waals surface area contributed by atoms with E-state index in [0.29, 0.717) is 18.7 Å². The fraction of sp³-hybridized carbons (Fsp3) is 0.296. The monoisotopic (exact) mass is 444 g/mol. The van der Waals surface area contributed by atoms with Gasteiger partial charge in [-0.2, -0.15) is 0 Å². The van der Waals surface area contributed by atoms with Crippen LogP contribution in [0.5, 0.6) is 5.75 Å². The molecule has 2 heterocycles. The fourth-order valence-electron chi connectivity index (χ4n) is 4.72. The minimum absolute atomic E-state index is 0.0439. The Morgan fingerprint density at radius 3 is 2.66 bits per heavy atom. The zero-order valence-corrected chi connectivity index (χ0v) is 19.2. The lowest BCUT2D eigenvalue weighted by Gasteiger charge is -2.37. The smallest absolute Gasteiger partial charge is 0.255 e. The van der Waals surface area contributed by atoms with Crippen LogP contribution >= 0.6 is 11.8 Å². The Labute approximate surface area is 194 Å². The van der Waals surface area contributed by atoms with E-state index in [1.807, 2.05) is 12.3 Å². The molecule has 0 bridgehead atoms. The third-order valence-corrected chi connectivity index (χ3v) is 7.14. The molecule has 5 rings (SSSR count). The molecule has 3 aromatic carbocycles.